The number of benzene rings is 3. The average molecular weight is 433 g/mol. The molecule has 3 aromatic rings. The second-order valence-corrected chi connectivity index (χ2v) is 8.07. The molecule has 0 aromatic heterocycles. The van der Waals surface area contributed by atoms with Crippen molar-refractivity contribution >= 4 is 17.3 Å². The first-order chi connectivity index (χ1) is 15.5. The average Bonchev–Trinajstić information content (AvgIpc) is 2.77. The summed E-state index contributed by atoms with van der Waals surface area (Å²) >= 11 is 0. The largest absolute Gasteiger partial charge is 0.490 e. The van der Waals surface area contributed by atoms with Crippen molar-refractivity contribution < 1.29 is 14.3 Å². The molecule has 3 rings (SSSR count). The van der Waals surface area contributed by atoms with Gasteiger partial charge in [-0.1, -0.05) is 56.3 Å². The van der Waals surface area contributed by atoms with Crippen LogP contribution in [0.5, 0.6) is 11.5 Å². The highest BCUT2D eigenvalue weighted by atomic mass is 16.5. The van der Waals surface area contributed by atoms with Crippen LogP contribution < -0.4 is 20.1 Å². The number of amides is 1. The maximum absolute atomic E-state index is 12.0. The Morgan fingerprint density at radius 3 is 2.38 bits per heavy atom. The van der Waals surface area contributed by atoms with Gasteiger partial charge in [0.15, 0.2) is 11.5 Å². The van der Waals surface area contributed by atoms with Gasteiger partial charge in [0, 0.05) is 24.3 Å². The second-order valence-electron chi connectivity index (χ2n) is 8.07. The van der Waals surface area contributed by atoms with Crippen LogP contribution in [0.25, 0.3) is 0 Å². The molecule has 0 heterocycles. The quantitative estimate of drug-likeness (QED) is 0.375. The van der Waals surface area contributed by atoms with Gasteiger partial charge in [0.2, 0.25) is 5.91 Å². The number of nitrogens with one attached hydrogen (secondary N) is 2. The summed E-state index contributed by atoms with van der Waals surface area (Å²) in [6, 6.07) is 23.8. The van der Waals surface area contributed by atoms with E-state index in [4.69, 9.17) is 9.47 Å². The fraction of sp³-hybridized carbons (Fsp3) is 0.296. The third-order valence-corrected chi connectivity index (χ3v) is 4.78. The molecule has 0 aliphatic rings. The zero-order valence-corrected chi connectivity index (χ0v) is 19.1. The summed E-state index contributed by atoms with van der Waals surface area (Å²) in [5.74, 6) is 1.83. The first-order valence-electron chi connectivity index (χ1n) is 11.1. The van der Waals surface area contributed by atoms with E-state index >= 15 is 0 Å². The first-order valence-corrected chi connectivity index (χ1v) is 11.1. The molecule has 0 spiro atoms. The van der Waals surface area contributed by atoms with Crippen molar-refractivity contribution in [1.82, 2.24) is 0 Å². The minimum Gasteiger partial charge on any atom is -0.490 e. The summed E-state index contributed by atoms with van der Waals surface area (Å²) in [5.41, 5.74) is 3.92. The van der Waals surface area contributed by atoms with Crippen LogP contribution in [0.1, 0.15) is 38.3 Å². The molecule has 0 radical (unpaired) electrons. The molecule has 0 atom stereocenters. The van der Waals surface area contributed by atoms with Crippen LogP contribution in [-0.4, -0.2) is 12.5 Å². The summed E-state index contributed by atoms with van der Waals surface area (Å²) in [7, 11) is 0. The number of hydrogen-bond acceptors (Lipinski definition) is 4. The molecule has 0 saturated heterocycles. The predicted molar refractivity (Wildman–Crippen MR) is 130 cm³/mol. The zero-order chi connectivity index (χ0) is 22.8. The van der Waals surface area contributed by atoms with E-state index < -0.39 is 0 Å². The van der Waals surface area contributed by atoms with Crippen molar-refractivity contribution in [2.24, 2.45) is 5.92 Å². The Morgan fingerprint density at radius 2 is 1.62 bits per heavy atom. The van der Waals surface area contributed by atoms with E-state index in [9.17, 15) is 4.79 Å². The molecular weight excluding hydrogens is 400 g/mol. The molecule has 0 bridgehead atoms. The van der Waals surface area contributed by atoms with Gasteiger partial charge in [-0.05, 0) is 54.3 Å². The van der Waals surface area contributed by atoms with E-state index in [0.717, 1.165) is 34.0 Å². The predicted octanol–water partition coefficient (Wildman–Crippen LogP) is 6.26. The summed E-state index contributed by atoms with van der Waals surface area (Å²) in [4.78, 5) is 12.0. The van der Waals surface area contributed by atoms with Gasteiger partial charge in [-0.3, -0.25) is 4.79 Å². The third kappa shape index (κ3) is 7.34. The lowest BCUT2D eigenvalue weighted by Crippen LogP contribution is -2.13. The molecule has 5 heteroatoms. The molecule has 0 saturated carbocycles. The summed E-state index contributed by atoms with van der Waals surface area (Å²) < 4.78 is 11.8. The smallest absolute Gasteiger partial charge is 0.224 e. The van der Waals surface area contributed by atoms with Crippen LogP contribution in [0.4, 0.5) is 11.4 Å². The van der Waals surface area contributed by atoms with Crippen molar-refractivity contribution in [3.8, 4) is 11.5 Å². The number of carbonyl (C=O) groups is 1. The lowest BCUT2D eigenvalue weighted by Gasteiger charge is -2.14. The standard InChI is InChI=1S/C27H32N2O3/c1-4-31-26-16-22(13-14-25(26)32-19-21-9-6-5-7-10-21)18-28-23-11-8-12-24(17-23)29-27(30)15-20(2)3/h5-14,16-17,20,28H,4,15,18-19H2,1-3H3,(H,29,30). The fourth-order valence-electron chi connectivity index (χ4n) is 3.28. The Labute approximate surface area is 190 Å². The Kier molecular flexibility index (Phi) is 8.55. The maximum Gasteiger partial charge on any atom is 0.224 e. The molecular formula is C27H32N2O3. The minimum atomic E-state index is 0.0320. The van der Waals surface area contributed by atoms with E-state index in [1.165, 1.54) is 0 Å². The van der Waals surface area contributed by atoms with Crippen molar-refractivity contribution in [2.45, 2.75) is 40.3 Å². The van der Waals surface area contributed by atoms with Crippen LogP contribution in [-0.2, 0) is 17.9 Å². The molecule has 5 nitrogen and oxygen atoms in total. The summed E-state index contributed by atoms with van der Waals surface area (Å²) in [5, 5.41) is 6.37. The highest BCUT2D eigenvalue weighted by Crippen LogP contribution is 2.30. The minimum absolute atomic E-state index is 0.0320. The molecule has 0 unspecified atom stereocenters. The van der Waals surface area contributed by atoms with E-state index in [1.807, 2.05) is 93.6 Å². The highest BCUT2D eigenvalue weighted by Gasteiger charge is 2.08. The topological polar surface area (TPSA) is 59.6 Å². The zero-order valence-electron chi connectivity index (χ0n) is 19.1. The maximum atomic E-state index is 12.0. The Hall–Kier alpha value is -3.47. The first kappa shape index (κ1) is 23.2. The number of hydrogen-bond donors (Lipinski definition) is 2. The van der Waals surface area contributed by atoms with Gasteiger partial charge in [-0.15, -0.1) is 0 Å². The van der Waals surface area contributed by atoms with Gasteiger partial charge < -0.3 is 20.1 Å². The molecule has 1 amide bonds. The second kappa shape index (κ2) is 11.8. The van der Waals surface area contributed by atoms with Gasteiger partial charge in [0.25, 0.3) is 0 Å². The number of ether oxygens (including phenoxy) is 2. The van der Waals surface area contributed by atoms with Gasteiger partial charge >= 0.3 is 0 Å². The number of carbonyl (C=O) groups excluding carboxylic acids is 1. The van der Waals surface area contributed by atoms with Crippen LogP contribution in [0.2, 0.25) is 0 Å². The SMILES string of the molecule is CCOc1cc(CNc2cccc(NC(=O)CC(C)C)c2)ccc1OCc1ccccc1. The molecule has 0 aliphatic carbocycles. The van der Waals surface area contributed by atoms with E-state index in [2.05, 4.69) is 10.6 Å². The van der Waals surface area contributed by atoms with Crippen LogP contribution in [0.15, 0.2) is 72.8 Å². The van der Waals surface area contributed by atoms with Crippen molar-refractivity contribution in [1.29, 1.82) is 0 Å². The van der Waals surface area contributed by atoms with Crippen molar-refractivity contribution in [2.75, 3.05) is 17.2 Å². The molecule has 2 N–H and O–H groups in total. The van der Waals surface area contributed by atoms with Gasteiger partial charge in [0.05, 0.1) is 6.61 Å². The Morgan fingerprint density at radius 1 is 0.844 bits per heavy atom. The molecule has 168 valence electrons. The third-order valence-electron chi connectivity index (χ3n) is 4.78. The van der Waals surface area contributed by atoms with Gasteiger partial charge in [-0.2, -0.15) is 0 Å². The fourth-order valence-corrected chi connectivity index (χ4v) is 3.28. The molecule has 3 aromatic carbocycles. The normalized spacial score (nSPS) is 10.6. The van der Waals surface area contributed by atoms with E-state index in [-0.39, 0.29) is 5.91 Å². The Balaban J connectivity index is 1.61. The monoisotopic (exact) mass is 432 g/mol. The lowest BCUT2D eigenvalue weighted by atomic mass is 10.1. The summed E-state index contributed by atoms with van der Waals surface area (Å²) in [6.45, 7) is 7.72. The van der Waals surface area contributed by atoms with Crippen LogP contribution in [0, 0.1) is 5.92 Å². The molecule has 32 heavy (non-hydrogen) atoms. The summed E-state index contributed by atoms with van der Waals surface area (Å²) in [6.07, 6.45) is 0.510. The molecule has 0 fully saturated rings. The van der Waals surface area contributed by atoms with Crippen molar-refractivity contribution in [3.05, 3.63) is 83.9 Å². The van der Waals surface area contributed by atoms with E-state index in [0.29, 0.717) is 32.1 Å². The molecule has 0 aliphatic heterocycles. The van der Waals surface area contributed by atoms with Crippen LogP contribution >= 0.6 is 0 Å². The van der Waals surface area contributed by atoms with E-state index in [1.54, 1.807) is 0 Å². The number of rotatable bonds is 11. The lowest BCUT2D eigenvalue weighted by molar-refractivity contribution is -0.116. The van der Waals surface area contributed by atoms with Crippen molar-refractivity contribution in [3.63, 3.8) is 0 Å². The number of anilines is 2. The highest BCUT2D eigenvalue weighted by molar-refractivity contribution is 5.91. The van der Waals surface area contributed by atoms with Gasteiger partial charge in [0.1, 0.15) is 6.61 Å². The van der Waals surface area contributed by atoms with Crippen LogP contribution in [0.3, 0.4) is 0 Å². The van der Waals surface area contributed by atoms with Gasteiger partial charge in [-0.25, -0.2) is 0 Å². The Bertz CT molecular complexity index is 1000.